The van der Waals surface area contributed by atoms with Crippen molar-refractivity contribution in [2.75, 3.05) is 11.4 Å². The molecular weight excluding hydrogens is 318 g/mol. The summed E-state index contributed by atoms with van der Waals surface area (Å²) >= 11 is 0. The number of para-hydroxylation sites is 1. The van der Waals surface area contributed by atoms with Crippen LogP contribution < -0.4 is 4.90 Å². The summed E-state index contributed by atoms with van der Waals surface area (Å²) in [7, 11) is 0. The quantitative estimate of drug-likeness (QED) is 0.420. The largest absolute Gasteiger partial charge is 0.347 e. The molecule has 0 heterocycles. The van der Waals surface area contributed by atoms with Crippen LogP contribution in [0, 0.1) is 6.92 Å². The number of hydrogen-bond acceptors (Lipinski definition) is 2. The van der Waals surface area contributed by atoms with E-state index in [1.807, 2.05) is 85.9 Å². The highest BCUT2D eigenvalue weighted by atomic mass is 16.1. The van der Waals surface area contributed by atoms with Gasteiger partial charge in [-0.2, -0.15) is 0 Å². The molecule has 130 valence electrons. The van der Waals surface area contributed by atoms with Crippen molar-refractivity contribution in [2.45, 2.75) is 13.8 Å². The molecule has 0 fully saturated rings. The predicted molar refractivity (Wildman–Crippen MR) is 109 cm³/mol. The Morgan fingerprint density at radius 2 is 1.42 bits per heavy atom. The van der Waals surface area contributed by atoms with Crippen LogP contribution >= 0.6 is 0 Å². The van der Waals surface area contributed by atoms with Gasteiger partial charge in [0.1, 0.15) is 0 Å². The van der Waals surface area contributed by atoms with Gasteiger partial charge < -0.3 is 4.90 Å². The van der Waals surface area contributed by atoms with Crippen LogP contribution in [0.1, 0.15) is 28.4 Å². The van der Waals surface area contributed by atoms with Crippen molar-refractivity contribution < 1.29 is 4.79 Å². The fourth-order valence-electron chi connectivity index (χ4n) is 2.98. The summed E-state index contributed by atoms with van der Waals surface area (Å²) < 4.78 is 0. The van der Waals surface area contributed by atoms with Gasteiger partial charge >= 0.3 is 0 Å². The van der Waals surface area contributed by atoms with E-state index in [0.717, 1.165) is 28.9 Å². The maximum Gasteiger partial charge on any atom is 0.195 e. The first-order valence-corrected chi connectivity index (χ1v) is 8.90. The van der Waals surface area contributed by atoms with Crippen LogP contribution in [0.3, 0.4) is 0 Å². The normalized spacial score (nSPS) is 11.2. The van der Waals surface area contributed by atoms with Crippen LogP contribution in [0.2, 0.25) is 0 Å². The first kappa shape index (κ1) is 17.7. The molecule has 0 aliphatic rings. The van der Waals surface area contributed by atoms with E-state index in [2.05, 4.69) is 24.0 Å². The highest BCUT2D eigenvalue weighted by molar-refractivity contribution is 6.29. The predicted octanol–water partition coefficient (Wildman–Crippen LogP) is 5.75. The van der Waals surface area contributed by atoms with Gasteiger partial charge in [0.25, 0.3) is 0 Å². The van der Waals surface area contributed by atoms with E-state index < -0.39 is 0 Å². The molecule has 0 unspecified atom stereocenters. The third-order valence-electron chi connectivity index (χ3n) is 4.43. The van der Waals surface area contributed by atoms with Crippen molar-refractivity contribution >= 4 is 17.0 Å². The topological polar surface area (TPSA) is 20.3 Å². The maximum absolute atomic E-state index is 13.4. The third kappa shape index (κ3) is 3.92. The van der Waals surface area contributed by atoms with E-state index in [-0.39, 0.29) is 5.78 Å². The van der Waals surface area contributed by atoms with E-state index in [1.165, 1.54) is 0 Å². The number of rotatable bonds is 6. The fraction of sp³-hybridized carbons (Fsp3) is 0.125. The second-order valence-corrected chi connectivity index (χ2v) is 6.17. The average molecular weight is 341 g/mol. The minimum Gasteiger partial charge on any atom is -0.347 e. The van der Waals surface area contributed by atoms with Crippen molar-refractivity contribution in [3.63, 3.8) is 0 Å². The molecule has 0 N–H and O–H groups in total. The van der Waals surface area contributed by atoms with Crippen molar-refractivity contribution in [1.82, 2.24) is 0 Å². The molecule has 2 heteroatoms. The smallest absolute Gasteiger partial charge is 0.195 e. The molecule has 0 aromatic heterocycles. The van der Waals surface area contributed by atoms with Crippen LogP contribution in [0.5, 0.6) is 0 Å². The molecule has 26 heavy (non-hydrogen) atoms. The fourth-order valence-corrected chi connectivity index (χ4v) is 2.98. The highest BCUT2D eigenvalue weighted by Gasteiger charge is 2.17. The summed E-state index contributed by atoms with van der Waals surface area (Å²) in [4.78, 5) is 15.5. The first-order valence-electron chi connectivity index (χ1n) is 8.90. The number of allylic oxidation sites excluding steroid dienone is 1. The molecule has 0 bridgehead atoms. The number of carbonyl (C=O) groups excluding carboxylic acids is 1. The summed E-state index contributed by atoms with van der Waals surface area (Å²) in [6, 6.07) is 27.7. The van der Waals surface area contributed by atoms with E-state index in [4.69, 9.17) is 0 Å². The van der Waals surface area contributed by atoms with Crippen molar-refractivity contribution in [3.05, 3.63) is 108 Å². The molecule has 0 saturated carbocycles. The molecule has 0 spiro atoms. The van der Waals surface area contributed by atoms with Gasteiger partial charge in [-0.1, -0.05) is 72.8 Å². The number of benzene rings is 3. The van der Waals surface area contributed by atoms with Gasteiger partial charge in [-0.25, -0.2) is 0 Å². The number of hydrogen-bond donors (Lipinski definition) is 0. The van der Waals surface area contributed by atoms with Gasteiger partial charge in [0, 0.05) is 29.6 Å². The number of carbonyl (C=O) groups is 1. The Morgan fingerprint density at radius 1 is 0.846 bits per heavy atom. The van der Waals surface area contributed by atoms with Gasteiger partial charge in [0.05, 0.1) is 0 Å². The van der Waals surface area contributed by atoms with Gasteiger partial charge in [-0.3, -0.25) is 4.79 Å². The highest BCUT2D eigenvalue weighted by Crippen LogP contribution is 2.24. The summed E-state index contributed by atoms with van der Waals surface area (Å²) in [5, 5.41) is 0. The summed E-state index contributed by atoms with van der Waals surface area (Å²) in [6.45, 7) is 4.84. The zero-order chi connectivity index (χ0) is 18.4. The van der Waals surface area contributed by atoms with E-state index in [1.54, 1.807) is 0 Å². The van der Waals surface area contributed by atoms with Gasteiger partial charge in [0.2, 0.25) is 0 Å². The Balaban J connectivity index is 2.09. The monoisotopic (exact) mass is 341 g/mol. The van der Waals surface area contributed by atoms with E-state index >= 15 is 0 Å². The molecule has 0 aliphatic carbocycles. The van der Waals surface area contributed by atoms with Crippen LogP contribution in [-0.4, -0.2) is 12.3 Å². The molecule has 0 radical (unpaired) electrons. The summed E-state index contributed by atoms with van der Waals surface area (Å²) in [5.41, 5.74) is 4.43. The zero-order valence-corrected chi connectivity index (χ0v) is 15.2. The van der Waals surface area contributed by atoms with Crippen LogP contribution in [0.25, 0.3) is 5.57 Å². The Labute approximate surface area is 155 Å². The Kier molecular flexibility index (Phi) is 5.65. The Bertz CT molecular complexity index is 898. The minimum atomic E-state index is 0.0451. The second-order valence-electron chi connectivity index (χ2n) is 6.17. The van der Waals surface area contributed by atoms with Gasteiger partial charge in [-0.05, 0) is 37.1 Å². The van der Waals surface area contributed by atoms with Crippen molar-refractivity contribution in [3.8, 4) is 0 Å². The lowest BCUT2D eigenvalue weighted by molar-refractivity contribution is 0.105. The molecule has 2 nitrogen and oxygen atoms in total. The lowest BCUT2D eigenvalue weighted by atomic mass is 9.94. The minimum absolute atomic E-state index is 0.0451. The maximum atomic E-state index is 13.4. The van der Waals surface area contributed by atoms with Gasteiger partial charge in [0.15, 0.2) is 5.78 Å². The van der Waals surface area contributed by atoms with E-state index in [0.29, 0.717) is 5.57 Å². The molecule has 3 aromatic carbocycles. The van der Waals surface area contributed by atoms with Crippen molar-refractivity contribution in [2.24, 2.45) is 0 Å². The van der Waals surface area contributed by atoms with Gasteiger partial charge in [-0.15, -0.1) is 0 Å². The zero-order valence-electron chi connectivity index (χ0n) is 15.2. The molecule has 0 atom stereocenters. The molecule has 3 aromatic rings. The lowest BCUT2D eigenvalue weighted by Gasteiger charge is -2.21. The summed E-state index contributed by atoms with van der Waals surface area (Å²) in [5.74, 6) is 0.0451. The van der Waals surface area contributed by atoms with Crippen LogP contribution in [0.4, 0.5) is 5.69 Å². The Morgan fingerprint density at radius 3 is 2.04 bits per heavy atom. The Hall–Kier alpha value is -3.13. The SMILES string of the molecule is CCN(/C=C(/C(=O)c1ccccc1C)c1ccccc1)c1ccccc1. The lowest BCUT2D eigenvalue weighted by Crippen LogP contribution is -2.18. The third-order valence-corrected chi connectivity index (χ3v) is 4.43. The molecule has 3 rings (SSSR count). The average Bonchev–Trinajstić information content (AvgIpc) is 2.70. The summed E-state index contributed by atoms with van der Waals surface area (Å²) in [6.07, 6.45) is 1.97. The molecule has 0 saturated heterocycles. The number of Topliss-reactive ketones (excluding diaryl/α,β-unsaturated/α-hetero) is 1. The van der Waals surface area contributed by atoms with E-state index in [9.17, 15) is 4.79 Å². The number of nitrogens with zero attached hydrogens (tertiary/aromatic N) is 1. The number of anilines is 1. The first-order chi connectivity index (χ1) is 12.7. The van der Waals surface area contributed by atoms with Crippen molar-refractivity contribution in [1.29, 1.82) is 0 Å². The molecule has 0 aliphatic heterocycles. The second kappa shape index (κ2) is 8.30. The standard InChI is InChI=1S/C24H23NO/c1-3-25(21-15-8-5-9-16-21)18-23(20-13-6-4-7-14-20)24(26)22-17-11-10-12-19(22)2/h4-18H,3H2,1-2H3/b23-18+. The molecule has 0 amide bonds. The molecular formula is C24H23NO. The number of ketones is 1. The van der Waals surface area contributed by atoms with Crippen LogP contribution in [0.15, 0.2) is 91.1 Å². The number of aryl methyl sites for hydroxylation is 1. The van der Waals surface area contributed by atoms with Crippen LogP contribution in [-0.2, 0) is 0 Å².